The highest BCUT2D eigenvalue weighted by Crippen LogP contribution is 2.43. The first-order chi connectivity index (χ1) is 12.2. The van der Waals surface area contributed by atoms with E-state index in [9.17, 15) is 4.79 Å². The number of aromatic nitrogens is 1. The van der Waals surface area contributed by atoms with Gasteiger partial charge in [0.1, 0.15) is 0 Å². The van der Waals surface area contributed by atoms with Crippen LogP contribution >= 0.6 is 0 Å². The van der Waals surface area contributed by atoms with Crippen LogP contribution in [0.25, 0.3) is 0 Å². The molecule has 3 saturated heterocycles. The van der Waals surface area contributed by atoms with Gasteiger partial charge in [0, 0.05) is 50.5 Å². The van der Waals surface area contributed by atoms with Gasteiger partial charge >= 0.3 is 0 Å². The molecule has 0 bridgehead atoms. The molecule has 5 heteroatoms. The summed E-state index contributed by atoms with van der Waals surface area (Å²) in [6.07, 6.45) is 8.02. The molecule has 4 rings (SSSR count). The van der Waals surface area contributed by atoms with E-state index in [4.69, 9.17) is 9.47 Å². The highest BCUT2D eigenvalue weighted by Gasteiger charge is 2.43. The minimum atomic E-state index is 0.180. The molecular formula is C20H28N2O3. The van der Waals surface area contributed by atoms with Crippen LogP contribution in [0.1, 0.15) is 37.8 Å². The van der Waals surface area contributed by atoms with E-state index in [1.165, 1.54) is 0 Å². The number of carbonyl (C=O) groups is 1. The predicted octanol–water partition coefficient (Wildman–Crippen LogP) is 2.45. The highest BCUT2D eigenvalue weighted by atomic mass is 16.5. The largest absolute Gasteiger partial charge is 0.381 e. The van der Waals surface area contributed by atoms with Gasteiger partial charge < -0.3 is 14.4 Å². The lowest BCUT2D eigenvalue weighted by atomic mass is 9.76. The van der Waals surface area contributed by atoms with Crippen molar-refractivity contribution in [3.63, 3.8) is 0 Å². The van der Waals surface area contributed by atoms with E-state index < -0.39 is 0 Å². The molecule has 3 aliphatic rings. The van der Waals surface area contributed by atoms with Gasteiger partial charge in [-0.1, -0.05) is 6.07 Å². The summed E-state index contributed by atoms with van der Waals surface area (Å²) in [7, 11) is 0. The first-order valence-corrected chi connectivity index (χ1v) is 9.62. The maximum absolute atomic E-state index is 12.7. The topological polar surface area (TPSA) is 51.7 Å². The standard InChI is InChI=1S/C20H28N2O3/c23-19(16-4-11-24-12-5-16)22-9-6-20(7-10-22)14-18(25-15-20)13-17-3-1-2-8-21-17/h1-3,8,16,18H,4-7,9-15H2. The molecule has 1 unspecified atom stereocenters. The maximum atomic E-state index is 12.7. The lowest BCUT2D eigenvalue weighted by Gasteiger charge is -2.40. The Morgan fingerprint density at radius 3 is 2.76 bits per heavy atom. The van der Waals surface area contributed by atoms with Crippen molar-refractivity contribution in [2.75, 3.05) is 32.9 Å². The second-order valence-electron chi connectivity index (χ2n) is 7.87. The monoisotopic (exact) mass is 344 g/mol. The number of hydrogen-bond donors (Lipinski definition) is 0. The first-order valence-electron chi connectivity index (χ1n) is 9.62. The van der Waals surface area contributed by atoms with Crippen LogP contribution in [0.3, 0.4) is 0 Å². The van der Waals surface area contributed by atoms with Crippen LogP contribution < -0.4 is 0 Å². The van der Waals surface area contributed by atoms with Crippen LogP contribution in [0.4, 0.5) is 0 Å². The molecule has 25 heavy (non-hydrogen) atoms. The summed E-state index contributed by atoms with van der Waals surface area (Å²) < 4.78 is 11.5. The van der Waals surface area contributed by atoms with Gasteiger partial charge in [0.2, 0.25) is 5.91 Å². The Morgan fingerprint density at radius 1 is 1.24 bits per heavy atom. The Balaban J connectivity index is 1.29. The zero-order valence-electron chi connectivity index (χ0n) is 14.9. The van der Waals surface area contributed by atoms with E-state index in [2.05, 4.69) is 16.0 Å². The quantitative estimate of drug-likeness (QED) is 0.845. The summed E-state index contributed by atoms with van der Waals surface area (Å²) in [6, 6.07) is 6.06. The molecule has 1 atom stereocenters. The maximum Gasteiger partial charge on any atom is 0.225 e. The van der Waals surface area contributed by atoms with Crippen LogP contribution in [-0.4, -0.2) is 54.8 Å². The van der Waals surface area contributed by atoms with Crippen LogP contribution in [0, 0.1) is 11.3 Å². The number of nitrogens with zero attached hydrogens (tertiary/aromatic N) is 2. The minimum absolute atomic E-state index is 0.180. The van der Waals surface area contributed by atoms with Gasteiger partial charge in [-0.2, -0.15) is 0 Å². The molecule has 1 aromatic heterocycles. The van der Waals surface area contributed by atoms with Gasteiger partial charge in [-0.15, -0.1) is 0 Å². The number of likely N-dealkylation sites (tertiary alicyclic amines) is 1. The van der Waals surface area contributed by atoms with Crippen molar-refractivity contribution in [2.45, 2.75) is 44.6 Å². The molecule has 1 spiro atoms. The zero-order chi connectivity index (χ0) is 17.1. The van der Waals surface area contributed by atoms with Crippen molar-refractivity contribution in [1.82, 2.24) is 9.88 Å². The summed E-state index contributed by atoms with van der Waals surface area (Å²) in [5, 5.41) is 0. The zero-order valence-corrected chi connectivity index (χ0v) is 14.9. The summed E-state index contributed by atoms with van der Waals surface area (Å²) >= 11 is 0. The lowest BCUT2D eigenvalue weighted by Crippen LogP contribution is -2.46. The third-order valence-corrected chi connectivity index (χ3v) is 6.16. The van der Waals surface area contributed by atoms with Gasteiger partial charge in [0.05, 0.1) is 12.7 Å². The lowest BCUT2D eigenvalue weighted by molar-refractivity contribution is -0.140. The van der Waals surface area contributed by atoms with E-state index in [-0.39, 0.29) is 17.4 Å². The van der Waals surface area contributed by atoms with Crippen molar-refractivity contribution in [2.24, 2.45) is 11.3 Å². The van der Waals surface area contributed by atoms with Crippen LogP contribution in [0.2, 0.25) is 0 Å². The molecule has 136 valence electrons. The van der Waals surface area contributed by atoms with Gasteiger partial charge in [0.15, 0.2) is 0 Å². The Hall–Kier alpha value is -1.46. The molecule has 1 aromatic rings. The average molecular weight is 344 g/mol. The number of carbonyl (C=O) groups excluding carboxylic acids is 1. The molecule has 1 amide bonds. The van der Waals surface area contributed by atoms with Crippen molar-refractivity contribution in [3.8, 4) is 0 Å². The van der Waals surface area contributed by atoms with Crippen molar-refractivity contribution >= 4 is 5.91 Å². The third-order valence-electron chi connectivity index (χ3n) is 6.16. The smallest absolute Gasteiger partial charge is 0.225 e. The molecule has 5 nitrogen and oxygen atoms in total. The number of rotatable bonds is 3. The molecule has 0 aromatic carbocycles. The summed E-state index contributed by atoms with van der Waals surface area (Å²) in [6.45, 7) is 4.07. The molecular weight excluding hydrogens is 316 g/mol. The van der Waals surface area contributed by atoms with E-state index in [1.54, 1.807) is 0 Å². The Bertz CT molecular complexity index is 578. The van der Waals surface area contributed by atoms with E-state index >= 15 is 0 Å². The fourth-order valence-corrected chi connectivity index (χ4v) is 4.53. The molecule has 0 aliphatic carbocycles. The Kier molecular flexibility index (Phi) is 5.04. The second-order valence-corrected chi connectivity index (χ2v) is 7.87. The minimum Gasteiger partial charge on any atom is -0.381 e. The normalized spacial score (nSPS) is 26.9. The van der Waals surface area contributed by atoms with E-state index in [0.29, 0.717) is 5.91 Å². The van der Waals surface area contributed by atoms with Crippen molar-refractivity contribution < 1.29 is 14.3 Å². The molecule has 0 radical (unpaired) electrons. The molecule has 4 heterocycles. The Labute approximate surface area is 149 Å². The number of pyridine rings is 1. The fraction of sp³-hybridized carbons (Fsp3) is 0.700. The Morgan fingerprint density at radius 2 is 2.04 bits per heavy atom. The summed E-state index contributed by atoms with van der Waals surface area (Å²) in [5.74, 6) is 0.529. The number of piperidine rings is 1. The van der Waals surface area contributed by atoms with Crippen LogP contribution in [0.15, 0.2) is 24.4 Å². The SMILES string of the molecule is O=C(C1CCOCC1)N1CCC2(CC1)COC(Cc1ccccn1)C2. The third kappa shape index (κ3) is 3.87. The number of hydrogen-bond acceptors (Lipinski definition) is 4. The average Bonchev–Trinajstić information content (AvgIpc) is 3.05. The van der Waals surface area contributed by atoms with E-state index in [1.807, 2.05) is 18.3 Å². The molecule has 0 saturated carbocycles. The number of amides is 1. The first kappa shape index (κ1) is 17.0. The van der Waals surface area contributed by atoms with Gasteiger partial charge in [-0.25, -0.2) is 0 Å². The molecule has 0 N–H and O–H groups in total. The number of ether oxygens (including phenoxy) is 2. The van der Waals surface area contributed by atoms with Crippen molar-refractivity contribution in [1.29, 1.82) is 0 Å². The van der Waals surface area contributed by atoms with Gasteiger partial charge in [-0.3, -0.25) is 9.78 Å². The van der Waals surface area contributed by atoms with Crippen molar-refractivity contribution in [3.05, 3.63) is 30.1 Å². The molecule has 3 fully saturated rings. The highest BCUT2D eigenvalue weighted by molar-refractivity contribution is 5.79. The van der Waals surface area contributed by atoms with Crippen LogP contribution in [-0.2, 0) is 20.7 Å². The summed E-state index contributed by atoms with van der Waals surface area (Å²) in [4.78, 5) is 19.2. The van der Waals surface area contributed by atoms with Gasteiger partial charge in [-0.05, 0) is 49.7 Å². The van der Waals surface area contributed by atoms with Crippen LogP contribution in [0.5, 0.6) is 0 Å². The van der Waals surface area contributed by atoms with E-state index in [0.717, 1.165) is 77.1 Å². The summed E-state index contributed by atoms with van der Waals surface area (Å²) in [5.41, 5.74) is 1.38. The second kappa shape index (κ2) is 7.42. The van der Waals surface area contributed by atoms with Gasteiger partial charge in [0.25, 0.3) is 0 Å². The molecule has 3 aliphatic heterocycles. The predicted molar refractivity (Wildman–Crippen MR) is 94.1 cm³/mol. The fourth-order valence-electron chi connectivity index (χ4n) is 4.53.